The van der Waals surface area contributed by atoms with Gasteiger partial charge in [0.05, 0.1) is 10.6 Å². The van der Waals surface area contributed by atoms with E-state index in [1.54, 1.807) is 24.3 Å². The van der Waals surface area contributed by atoms with Crippen molar-refractivity contribution < 1.29 is 8.42 Å². The molecule has 0 saturated carbocycles. The maximum atomic E-state index is 13.0. The number of hydrogen-bond donors (Lipinski definition) is 1. The molecule has 3 rings (SSSR count). The smallest absolute Gasteiger partial charge is 0.262 e. The van der Waals surface area contributed by atoms with E-state index in [1.165, 1.54) is 11.0 Å². The zero-order valence-corrected chi connectivity index (χ0v) is 16.2. The highest BCUT2D eigenvalue weighted by Crippen LogP contribution is 2.30. The van der Waals surface area contributed by atoms with Crippen molar-refractivity contribution in [2.45, 2.75) is 39.5 Å². The number of aromatic nitrogens is 4. The molecule has 0 aliphatic rings. The van der Waals surface area contributed by atoms with Crippen molar-refractivity contribution in [2.24, 2.45) is 0 Å². The average Bonchev–Trinajstić information content (AvgIpc) is 3.13. The minimum Gasteiger partial charge on any atom is -0.280 e. The van der Waals surface area contributed by atoms with Gasteiger partial charge in [-0.05, 0) is 97.1 Å². The van der Waals surface area contributed by atoms with Crippen LogP contribution in [0.1, 0.15) is 27.8 Å². The topological polar surface area (TPSA) is 89.8 Å². The second-order valence-corrected chi connectivity index (χ2v) is 7.98. The summed E-state index contributed by atoms with van der Waals surface area (Å²) in [7, 11) is -3.70. The lowest BCUT2D eigenvalue weighted by molar-refractivity contribution is 0.599. The van der Waals surface area contributed by atoms with E-state index in [-0.39, 0.29) is 0 Å². The number of anilines is 1. The van der Waals surface area contributed by atoms with E-state index in [0.29, 0.717) is 10.6 Å². The van der Waals surface area contributed by atoms with E-state index in [9.17, 15) is 8.42 Å². The summed E-state index contributed by atoms with van der Waals surface area (Å²) in [5.74, 6) is 0. The Morgan fingerprint density at radius 2 is 1.38 bits per heavy atom. The van der Waals surface area contributed by atoms with Gasteiger partial charge in [-0.15, -0.1) is 5.10 Å². The summed E-state index contributed by atoms with van der Waals surface area (Å²) in [5, 5.41) is 11.0. The molecule has 1 heterocycles. The monoisotopic (exact) mass is 371 g/mol. The first-order valence-corrected chi connectivity index (χ1v) is 9.64. The van der Waals surface area contributed by atoms with E-state index in [0.717, 1.165) is 33.5 Å². The molecule has 0 aliphatic carbocycles. The third kappa shape index (κ3) is 3.08. The highest BCUT2D eigenvalue weighted by atomic mass is 32.2. The Labute approximate surface area is 153 Å². The van der Waals surface area contributed by atoms with Crippen molar-refractivity contribution >= 4 is 15.7 Å². The molecule has 0 saturated heterocycles. The second-order valence-electron chi connectivity index (χ2n) is 6.36. The number of benzene rings is 2. The number of hydrogen-bond acceptors (Lipinski definition) is 5. The van der Waals surface area contributed by atoms with Crippen LogP contribution in [-0.4, -0.2) is 28.6 Å². The van der Waals surface area contributed by atoms with E-state index in [2.05, 4.69) is 20.2 Å². The van der Waals surface area contributed by atoms with E-state index < -0.39 is 10.0 Å². The first-order valence-electron chi connectivity index (χ1n) is 8.15. The van der Waals surface area contributed by atoms with Crippen LogP contribution in [0.25, 0.3) is 5.69 Å². The molecule has 0 amide bonds. The molecular weight excluding hydrogens is 350 g/mol. The lowest BCUT2D eigenvalue weighted by atomic mass is 9.95. The van der Waals surface area contributed by atoms with Gasteiger partial charge in [0.25, 0.3) is 10.0 Å². The van der Waals surface area contributed by atoms with Crippen LogP contribution in [0.4, 0.5) is 5.69 Å². The summed E-state index contributed by atoms with van der Waals surface area (Å²) in [6, 6.07) is 6.87. The Bertz CT molecular complexity index is 1030. The lowest BCUT2D eigenvalue weighted by Crippen LogP contribution is -2.17. The second kappa shape index (κ2) is 6.53. The summed E-state index contributed by atoms with van der Waals surface area (Å²) < 4.78 is 30.2. The SMILES string of the molecule is Cc1c(C)c(C)c(S(=O)(=O)Nc2ccc(-n3cnnn3)cc2)c(C)c1C. The fourth-order valence-corrected chi connectivity index (χ4v) is 4.70. The molecule has 0 atom stereocenters. The van der Waals surface area contributed by atoms with Crippen LogP contribution in [0.5, 0.6) is 0 Å². The van der Waals surface area contributed by atoms with Gasteiger partial charge in [0.2, 0.25) is 0 Å². The van der Waals surface area contributed by atoms with E-state index in [4.69, 9.17) is 0 Å². The fourth-order valence-electron chi connectivity index (χ4n) is 3.04. The predicted molar refractivity (Wildman–Crippen MR) is 100 cm³/mol. The Hall–Kier alpha value is -2.74. The summed E-state index contributed by atoms with van der Waals surface area (Å²) in [6.07, 6.45) is 1.48. The third-order valence-electron chi connectivity index (χ3n) is 4.93. The number of tetrazole rings is 1. The molecule has 136 valence electrons. The molecule has 8 heteroatoms. The van der Waals surface area contributed by atoms with Crippen LogP contribution >= 0.6 is 0 Å². The Morgan fingerprint density at radius 1 is 0.846 bits per heavy atom. The standard InChI is InChI=1S/C18H21N5O2S/c1-11-12(2)14(4)18(15(5)13(11)3)26(24,25)20-16-6-8-17(9-7-16)23-10-19-21-22-23/h6-10,20H,1-5H3. The van der Waals surface area contributed by atoms with Crippen LogP contribution < -0.4 is 4.72 Å². The maximum Gasteiger partial charge on any atom is 0.262 e. The Kier molecular flexibility index (Phi) is 4.53. The van der Waals surface area contributed by atoms with Crippen molar-refractivity contribution in [3.05, 3.63) is 58.4 Å². The van der Waals surface area contributed by atoms with Gasteiger partial charge in [-0.2, -0.15) is 0 Å². The number of rotatable bonds is 4. The largest absolute Gasteiger partial charge is 0.280 e. The third-order valence-corrected chi connectivity index (χ3v) is 6.59. The zero-order chi connectivity index (χ0) is 19.1. The highest BCUT2D eigenvalue weighted by molar-refractivity contribution is 7.92. The quantitative estimate of drug-likeness (QED) is 0.761. The van der Waals surface area contributed by atoms with Gasteiger partial charge in [-0.3, -0.25) is 4.72 Å². The fraction of sp³-hybridized carbons (Fsp3) is 0.278. The van der Waals surface area contributed by atoms with Gasteiger partial charge >= 0.3 is 0 Å². The molecule has 0 fully saturated rings. The Morgan fingerprint density at radius 3 is 1.88 bits per heavy atom. The van der Waals surface area contributed by atoms with Crippen LogP contribution in [-0.2, 0) is 10.0 Å². The molecule has 1 N–H and O–H groups in total. The van der Waals surface area contributed by atoms with Crippen LogP contribution in [0.3, 0.4) is 0 Å². The van der Waals surface area contributed by atoms with Crippen molar-refractivity contribution in [3.8, 4) is 5.69 Å². The molecule has 0 spiro atoms. The van der Waals surface area contributed by atoms with E-state index in [1.807, 2.05) is 34.6 Å². The molecule has 1 aromatic heterocycles. The predicted octanol–water partition coefficient (Wildman–Crippen LogP) is 3.01. The van der Waals surface area contributed by atoms with Crippen molar-refractivity contribution in [1.82, 2.24) is 20.2 Å². The minimum atomic E-state index is -3.70. The van der Waals surface area contributed by atoms with Gasteiger partial charge in [0, 0.05) is 5.69 Å². The molecule has 26 heavy (non-hydrogen) atoms. The molecule has 0 unspecified atom stereocenters. The normalized spacial score (nSPS) is 11.6. The maximum absolute atomic E-state index is 13.0. The number of nitrogens with zero attached hydrogens (tertiary/aromatic N) is 4. The van der Waals surface area contributed by atoms with Crippen LogP contribution in [0.15, 0.2) is 35.5 Å². The van der Waals surface area contributed by atoms with Gasteiger partial charge in [-0.25, -0.2) is 13.1 Å². The van der Waals surface area contributed by atoms with E-state index >= 15 is 0 Å². The first-order chi connectivity index (χ1) is 12.2. The van der Waals surface area contributed by atoms with Gasteiger partial charge in [0.1, 0.15) is 6.33 Å². The number of sulfonamides is 1. The molecular formula is C18H21N5O2S. The highest BCUT2D eigenvalue weighted by Gasteiger charge is 2.23. The molecule has 0 bridgehead atoms. The molecule has 7 nitrogen and oxygen atoms in total. The van der Waals surface area contributed by atoms with Gasteiger partial charge in [0.15, 0.2) is 0 Å². The average molecular weight is 371 g/mol. The van der Waals surface area contributed by atoms with Crippen molar-refractivity contribution in [3.63, 3.8) is 0 Å². The summed E-state index contributed by atoms with van der Waals surface area (Å²) in [6.45, 7) is 9.63. The molecule has 0 aliphatic heterocycles. The van der Waals surface area contributed by atoms with Crippen molar-refractivity contribution in [1.29, 1.82) is 0 Å². The Balaban J connectivity index is 1.98. The minimum absolute atomic E-state index is 0.350. The molecule has 0 radical (unpaired) electrons. The van der Waals surface area contributed by atoms with Crippen LogP contribution in [0, 0.1) is 34.6 Å². The lowest BCUT2D eigenvalue weighted by Gasteiger charge is -2.19. The van der Waals surface area contributed by atoms with Crippen LogP contribution in [0.2, 0.25) is 0 Å². The number of nitrogens with one attached hydrogen (secondary N) is 1. The first kappa shape index (κ1) is 18.1. The summed E-state index contributed by atoms with van der Waals surface area (Å²) in [5.41, 5.74) is 5.92. The van der Waals surface area contributed by atoms with Crippen molar-refractivity contribution in [2.75, 3.05) is 4.72 Å². The molecule has 3 aromatic rings. The molecule has 2 aromatic carbocycles. The van der Waals surface area contributed by atoms with Gasteiger partial charge in [-0.1, -0.05) is 0 Å². The summed E-state index contributed by atoms with van der Waals surface area (Å²) >= 11 is 0. The summed E-state index contributed by atoms with van der Waals surface area (Å²) in [4.78, 5) is 0.350. The zero-order valence-electron chi connectivity index (χ0n) is 15.4. The van der Waals surface area contributed by atoms with Gasteiger partial charge < -0.3 is 0 Å².